The molecule has 1 aliphatic carbocycles. The fourth-order valence-electron chi connectivity index (χ4n) is 3.15. The molecule has 0 spiro atoms. The summed E-state index contributed by atoms with van der Waals surface area (Å²) in [7, 11) is 0. The first-order valence-electron chi connectivity index (χ1n) is 5.59. The van der Waals surface area contributed by atoms with E-state index in [2.05, 4.69) is 5.32 Å². The second-order valence-electron chi connectivity index (χ2n) is 4.95. The van der Waals surface area contributed by atoms with Gasteiger partial charge in [0, 0.05) is 13.3 Å². The molecule has 3 bridgehead atoms. The topological polar surface area (TPSA) is 108 Å². The number of nitrogens with one attached hydrogen (secondary N) is 1. The Labute approximate surface area is 97.3 Å². The van der Waals surface area contributed by atoms with Crippen molar-refractivity contribution < 1.29 is 29.6 Å². The molecule has 4 N–H and O–H groups in total. The van der Waals surface area contributed by atoms with Crippen molar-refractivity contribution in [2.75, 3.05) is 0 Å². The van der Waals surface area contributed by atoms with E-state index in [0.29, 0.717) is 0 Å². The van der Waals surface area contributed by atoms with Crippen molar-refractivity contribution in [2.45, 2.75) is 55.7 Å². The fraction of sp³-hybridized carbons (Fsp3) is 0.900. The van der Waals surface area contributed by atoms with E-state index in [1.54, 1.807) is 0 Å². The molecule has 0 aromatic carbocycles. The van der Waals surface area contributed by atoms with E-state index < -0.39 is 42.3 Å². The summed E-state index contributed by atoms with van der Waals surface area (Å²) in [5.41, 5.74) is -1.29. The third-order valence-corrected chi connectivity index (χ3v) is 3.87. The van der Waals surface area contributed by atoms with Gasteiger partial charge in [0.15, 0.2) is 6.29 Å². The highest BCUT2D eigenvalue weighted by molar-refractivity contribution is 5.74. The first-order valence-corrected chi connectivity index (χ1v) is 5.59. The molecule has 0 aromatic rings. The van der Waals surface area contributed by atoms with Crippen LogP contribution in [0.1, 0.15) is 13.3 Å². The molecule has 2 aliphatic heterocycles. The molecule has 2 heterocycles. The van der Waals surface area contributed by atoms with E-state index in [9.17, 15) is 20.1 Å². The maximum Gasteiger partial charge on any atom is 0.217 e. The van der Waals surface area contributed by atoms with Crippen LogP contribution in [0.5, 0.6) is 0 Å². The zero-order valence-corrected chi connectivity index (χ0v) is 9.24. The number of carbonyl (C=O) groups is 1. The largest absolute Gasteiger partial charge is 0.390 e. The van der Waals surface area contributed by atoms with Crippen molar-refractivity contribution in [3.05, 3.63) is 0 Å². The molecule has 0 aromatic heterocycles. The minimum absolute atomic E-state index is 0.0515. The summed E-state index contributed by atoms with van der Waals surface area (Å²) < 4.78 is 10.6. The zero-order chi connectivity index (χ0) is 12.4. The van der Waals surface area contributed by atoms with Crippen LogP contribution in [0.4, 0.5) is 0 Å². The summed E-state index contributed by atoms with van der Waals surface area (Å²) in [6, 6.07) is 0. The Bertz CT molecular complexity index is 357. The predicted molar refractivity (Wildman–Crippen MR) is 52.7 cm³/mol. The Hall–Kier alpha value is -0.730. The Morgan fingerprint density at radius 1 is 1.24 bits per heavy atom. The van der Waals surface area contributed by atoms with Crippen LogP contribution in [0.25, 0.3) is 0 Å². The van der Waals surface area contributed by atoms with Gasteiger partial charge in [-0.25, -0.2) is 0 Å². The Morgan fingerprint density at radius 3 is 2.53 bits per heavy atom. The highest BCUT2D eigenvalue weighted by atomic mass is 16.8. The molecule has 7 atom stereocenters. The van der Waals surface area contributed by atoms with Gasteiger partial charge in [0.2, 0.25) is 5.91 Å². The molecule has 0 unspecified atom stereocenters. The molecule has 2 saturated heterocycles. The van der Waals surface area contributed by atoms with Gasteiger partial charge < -0.3 is 30.1 Å². The van der Waals surface area contributed by atoms with Gasteiger partial charge in [-0.2, -0.15) is 0 Å². The van der Waals surface area contributed by atoms with Crippen LogP contribution in [0.15, 0.2) is 0 Å². The van der Waals surface area contributed by atoms with E-state index in [4.69, 9.17) is 9.47 Å². The number of ether oxygens (including phenoxy) is 2. The van der Waals surface area contributed by atoms with Crippen LogP contribution in [0.2, 0.25) is 0 Å². The molecular weight excluding hydrogens is 230 g/mol. The van der Waals surface area contributed by atoms with Crippen molar-refractivity contribution in [1.29, 1.82) is 0 Å². The minimum Gasteiger partial charge on any atom is -0.390 e. The van der Waals surface area contributed by atoms with Crippen LogP contribution in [0, 0.1) is 0 Å². The number of carbonyl (C=O) groups excluding carboxylic acids is 1. The average Bonchev–Trinajstić information content (AvgIpc) is 2.62. The maximum absolute atomic E-state index is 11.2. The van der Waals surface area contributed by atoms with Crippen LogP contribution in [-0.2, 0) is 14.3 Å². The van der Waals surface area contributed by atoms with Gasteiger partial charge in [0.25, 0.3) is 0 Å². The highest BCUT2D eigenvalue weighted by Crippen LogP contribution is 2.46. The van der Waals surface area contributed by atoms with Crippen molar-refractivity contribution >= 4 is 5.91 Å². The molecule has 0 radical (unpaired) electrons. The van der Waals surface area contributed by atoms with E-state index in [1.165, 1.54) is 6.92 Å². The molecular formula is C10H15NO6. The first-order chi connectivity index (χ1) is 7.95. The van der Waals surface area contributed by atoms with Gasteiger partial charge in [-0.3, -0.25) is 4.79 Å². The van der Waals surface area contributed by atoms with Gasteiger partial charge in [0.05, 0.1) is 6.10 Å². The number of hydrogen-bond acceptors (Lipinski definition) is 6. The maximum atomic E-state index is 11.2. The lowest BCUT2D eigenvalue weighted by atomic mass is 9.71. The van der Waals surface area contributed by atoms with Crippen LogP contribution >= 0.6 is 0 Å². The van der Waals surface area contributed by atoms with Crippen LogP contribution < -0.4 is 5.32 Å². The summed E-state index contributed by atoms with van der Waals surface area (Å²) in [6.45, 7) is 1.30. The van der Waals surface area contributed by atoms with E-state index in [1.807, 2.05) is 0 Å². The third kappa shape index (κ3) is 1.31. The summed E-state index contributed by atoms with van der Waals surface area (Å²) >= 11 is 0. The highest BCUT2D eigenvalue weighted by Gasteiger charge is 2.68. The molecule has 7 nitrogen and oxygen atoms in total. The monoisotopic (exact) mass is 245 g/mol. The molecule has 3 aliphatic rings. The van der Waals surface area contributed by atoms with Crippen LogP contribution in [0.3, 0.4) is 0 Å². The quantitative estimate of drug-likeness (QED) is 0.406. The summed E-state index contributed by atoms with van der Waals surface area (Å²) in [5, 5.41) is 32.8. The van der Waals surface area contributed by atoms with E-state index in [-0.39, 0.29) is 12.3 Å². The molecule has 96 valence electrons. The number of aliphatic hydroxyl groups is 3. The molecule has 17 heavy (non-hydrogen) atoms. The number of amides is 1. The lowest BCUT2D eigenvalue weighted by Gasteiger charge is -2.51. The van der Waals surface area contributed by atoms with Gasteiger partial charge in [-0.05, 0) is 0 Å². The van der Waals surface area contributed by atoms with Gasteiger partial charge in [-0.1, -0.05) is 0 Å². The Balaban J connectivity index is 2.02. The van der Waals surface area contributed by atoms with Crippen LogP contribution in [-0.4, -0.2) is 63.6 Å². The van der Waals surface area contributed by atoms with Gasteiger partial charge in [0.1, 0.15) is 30.0 Å². The van der Waals surface area contributed by atoms with Crippen molar-refractivity contribution in [3.8, 4) is 0 Å². The van der Waals surface area contributed by atoms with Gasteiger partial charge >= 0.3 is 0 Å². The Morgan fingerprint density at radius 2 is 1.88 bits per heavy atom. The number of rotatable bonds is 1. The normalized spacial score (nSPS) is 56.0. The van der Waals surface area contributed by atoms with E-state index >= 15 is 0 Å². The number of fused-ring (bicyclic) bond motifs is 2. The van der Waals surface area contributed by atoms with Crippen molar-refractivity contribution in [3.63, 3.8) is 0 Å². The standard InChI is InChI=1S/C10H15NO6/c1-3(12)11-10-2-4(13)5-6(7(10)14)17-9(16-5)8(10)15/h4-9,13-15H,2H2,1H3,(H,11,12)/t4-,5+,6-,7-,8-,9-,10-/m1/s1. The first kappa shape index (κ1) is 11.4. The smallest absolute Gasteiger partial charge is 0.217 e. The lowest BCUT2D eigenvalue weighted by molar-refractivity contribution is -0.229. The average molecular weight is 245 g/mol. The second kappa shape index (κ2) is 3.39. The molecule has 1 saturated carbocycles. The minimum atomic E-state index is -1.29. The van der Waals surface area contributed by atoms with Crippen molar-refractivity contribution in [2.24, 2.45) is 0 Å². The number of aliphatic hydroxyl groups excluding tert-OH is 3. The summed E-state index contributed by atoms with van der Waals surface area (Å²) in [5.74, 6) is -0.380. The van der Waals surface area contributed by atoms with Crippen molar-refractivity contribution in [1.82, 2.24) is 5.32 Å². The number of hydrogen-bond donors (Lipinski definition) is 4. The van der Waals surface area contributed by atoms with E-state index in [0.717, 1.165) is 0 Å². The van der Waals surface area contributed by atoms with Gasteiger partial charge in [-0.15, -0.1) is 0 Å². The Kier molecular flexibility index (Phi) is 2.27. The second-order valence-corrected chi connectivity index (χ2v) is 4.95. The lowest BCUT2D eigenvalue weighted by Crippen LogP contribution is -2.75. The summed E-state index contributed by atoms with van der Waals surface area (Å²) in [4.78, 5) is 11.2. The molecule has 7 heteroatoms. The third-order valence-electron chi connectivity index (χ3n) is 3.87. The molecule has 3 fully saturated rings. The molecule has 1 amide bonds. The SMILES string of the molecule is CC(=O)N[C@]12C[C@@H](O)[C@@H]3O[C@H](O[C@H]3[C@H]1O)[C@H]2O. The zero-order valence-electron chi connectivity index (χ0n) is 9.24. The molecule has 3 rings (SSSR count). The fourth-order valence-corrected chi connectivity index (χ4v) is 3.15. The predicted octanol–water partition coefficient (Wildman–Crippen LogP) is -2.53. The summed E-state index contributed by atoms with van der Waals surface area (Å²) in [6.07, 6.45) is -5.37.